The van der Waals surface area contributed by atoms with Gasteiger partial charge in [0.2, 0.25) is 0 Å². The lowest BCUT2D eigenvalue weighted by Crippen LogP contribution is -2.05. The van der Waals surface area contributed by atoms with Crippen LogP contribution < -0.4 is 0 Å². The van der Waals surface area contributed by atoms with Crippen LogP contribution in [0.15, 0.2) is 0 Å². The van der Waals surface area contributed by atoms with Gasteiger partial charge < -0.3 is 5.11 Å². The molecule has 0 amide bonds. The molecular formula is C7H12O2. The fourth-order valence-electron chi connectivity index (χ4n) is 1.18. The number of carbonyl (C=O) groups is 1. The quantitative estimate of drug-likeness (QED) is 0.612. The number of hydrogen-bond acceptors (Lipinski definition) is 1. The lowest BCUT2D eigenvalue weighted by molar-refractivity contribution is -0.139. The number of hydrogen-bond donors (Lipinski definition) is 1. The Bertz CT molecular complexity index is 142. The topological polar surface area (TPSA) is 37.3 Å². The molecule has 1 rings (SSSR count). The molecule has 1 fully saturated rings. The van der Waals surface area contributed by atoms with Crippen LogP contribution in [-0.2, 0) is 4.79 Å². The molecule has 52 valence electrons. The molecule has 1 aliphatic carbocycles. The fraction of sp³-hybridized carbons (Fsp3) is 0.857. The third kappa shape index (κ3) is 0.934. The summed E-state index contributed by atoms with van der Waals surface area (Å²) in [5.41, 5.74) is 0.131. The average Bonchev–Trinajstić information content (AvgIpc) is 2.44. The third-order valence-electron chi connectivity index (χ3n) is 2.46. The molecule has 0 bridgehead atoms. The first-order valence-corrected chi connectivity index (χ1v) is 3.33. The number of carboxylic acid groups (broad SMARTS) is 1. The van der Waals surface area contributed by atoms with E-state index in [4.69, 9.17) is 5.11 Å². The molecule has 1 N–H and O–H groups in total. The second-order valence-corrected chi connectivity index (χ2v) is 3.10. The Morgan fingerprint density at radius 1 is 1.89 bits per heavy atom. The van der Waals surface area contributed by atoms with E-state index in [9.17, 15) is 4.79 Å². The van der Waals surface area contributed by atoms with Crippen molar-refractivity contribution in [3.05, 3.63) is 0 Å². The Morgan fingerprint density at radius 3 is 2.56 bits per heavy atom. The highest BCUT2D eigenvalue weighted by molar-refractivity contribution is 5.74. The summed E-state index contributed by atoms with van der Waals surface area (Å²) in [4.78, 5) is 10.3. The second-order valence-electron chi connectivity index (χ2n) is 3.10. The number of carboxylic acids is 1. The van der Waals surface area contributed by atoms with E-state index in [2.05, 4.69) is 0 Å². The van der Waals surface area contributed by atoms with E-state index in [0.717, 1.165) is 12.8 Å². The molecule has 0 aromatic rings. The van der Waals surface area contributed by atoms with Crippen LogP contribution in [0, 0.1) is 11.3 Å². The molecule has 0 aliphatic heterocycles. The first-order valence-electron chi connectivity index (χ1n) is 3.33. The summed E-state index contributed by atoms with van der Waals surface area (Å²) in [7, 11) is 0. The van der Waals surface area contributed by atoms with Crippen molar-refractivity contribution in [2.75, 3.05) is 0 Å². The first kappa shape index (κ1) is 6.59. The maximum Gasteiger partial charge on any atom is 0.307 e. The van der Waals surface area contributed by atoms with Gasteiger partial charge in [0.05, 0.1) is 5.92 Å². The van der Waals surface area contributed by atoms with E-state index in [1.54, 1.807) is 0 Å². The minimum Gasteiger partial charge on any atom is -0.481 e. The van der Waals surface area contributed by atoms with Crippen LogP contribution in [0.2, 0.25) is 0 Å². The van der Waals surface area contributed by atoms with Crippen LogP contribution in [0.5, 0.6) is 0 Å². The molecule has 0 aromatic heterocycles. The summed E-state index contributed by atoms with van der Waals surface area (Å²) in [6, 6.07) is 0. The summed E-state index contributed by atoms with van der Waals surface area (Å²) in [5, 5.41) is 8.52. The Balaban J connectivity index is 2.48. The lowest BCUT2D eigenvalue weighted by atomic mass is 10.0. The summed E-state index contributed by atoms with van der Waals surface area (Å²) >= 11 is 0. The largest absolute Gasteiger partial charge is 0.481 e. The minimum atomic E-state index is -0.626. The molecule has 2 heteroatoms. The molecule has 0 saturated heterocycles. The Morgan fingerprint density at radius 2 is 2.44 bits per heavy atom. The van der Waals surface area contributed by atoms with Gasteiger partial charge in [-0.25, -0.2) is 0 Å². The normalized spacial score (nSPS) is 40.4. The molecule has 1 aliphatic rings. The van der Waals surface area contributed by atoms with Crippen LogP contribution in [-0.4, -0.2) is 11.1 Å². The van der Waals surface area contributed by atoms with Crippen molar-refractivity contribution in [3.63, 3.8) is 0 Å². The predicted octanol–water partition coefficient (Wildman–Crippen LogP) is 1.51. The molecule has 9 heavy (non-hydrogen) atoms. The molecule has 0 spiro atoms. The van der Waals surface area contributed by atoms with E-state index in [-0.39, 0.29) is 11.3 Å². The van der Waals surface area contributed by atoms with E-state index in [0.29, 0.717) is 0 Å². The van der Waals surface area contributed by atoms with E-state index in [1.807, 2.05) is 13.8 Å². The van der Waals surface area contributed by atoms with E-state index < -0.39 is 5.97 Å². The Hall–Kier alpha value is -0.530. The monoisotopic (exact) mass is 128 g/mol. The van der Waals surface area contributed by atoms with E-state index >= 15 is 0 Å². The molecule has 1 saturated carbocycles. The molecule has 0 unspecified atom stereocenters. The van der Waals surface area contributed by atoms with Gasteiger partial charge in [-0.15, -0.1) is 0 Å². The van der Waals surface area contributed by atoms with Gasteiger partial charge in [0.25, 0.3) is 0 Å². The highest BCUT2D eigenvalue weighted by atomic mass is 16.4. The van der Waals surface area contributed by atoms with Crippen LogP contribution in [0.3, 0.4) is 0 Å². The predicted molar refractivity (Wildman–Crippen MR) is 34.1 cm³/mol. The maximum absolute atomic E-state index is 10.3. The standard InChI is InChI=1S/C7H12O2/c1-3-7(2)4-5(7)6(8)9/h5H,3-4H2,1-2H3,(H,8,9)/t5-,7-/m0/s1. The van der Waals surface area contributed by atoms with Crippen LogP contribution >= 0.6 is 0 Å². The summed E-state index contributed by atoms with van der Waals surface area (Å²) in [6.07, 6.45) is 1.86. The van der Waals surface area contributed by atoms with Crippen LogP contribution in [0.1, 0.15) is 26.7 Å². The molecule has 2 nitrogen and oxygen atoms in total. The zero-order chi connectivity index (χ0) is 7.07. The number of aliphatic carboxylic acids is 1. The molecule has 0 aromatic carbocycles. The van der Waals surface area contributed by atoms with Gasteiger partial charge in [0, 0.05) is 0 Å². The summed E-state index contributed by atoms with van der Waals surface area (Å²) in [5.74, 6) is -0.679. The molecule has 0 heterocycles. The van der Waals surface area contributed by atoms with Crippen molar-refractivity contribution in [3.8, 4) is 0 Å². The Labute approximate surface area is 54.9 Å². The zero-order valence-electron chi connectivity index (χ0n) is 5.85. The van der Waals surface area contributed by atoms with Gasteiger partial charge in [-0.3, -0.25) is 4.79 Å². The highest BCUT2D eigenvalue weighted by Crippen LogP contribution is 2.54. The third-order valence-corrected chi connectivity index (χ3v) is 2.46. The Kier molecular flexibility index (Phi) is 1.26. The van der Waals surface area contributed by atoms with Gasteiger partial charge in [0.15, 0.2) is 0 Å². The smallest absolute Gasteiger partial charge is 0.307 e. The van der Waals surface area contributed by atoms with Gasteiger partial charge in [-0.2, -0.15) is 0 Å². The van der Waals surface area contributed by atoms with Crippen molar-refractivity contribution in [2.24, 2.45) is 11.3 Å². The average molecular weight is 128 g/mol. The minimum absolute atomic E-state index is 0.0532. The lowest BCUT2D eigenvalue weighted by Gasteiger charge is -2.01. The van der Waals surface area contributed by atoms with Gasteiger partial charge >= 0.3 is 5.97 Å². The van der Waals surface area contributed by atoms with Crippen LogP contribution in [0.4, 0.5) is 0 Å². The van der Waals surface area contributed by atoms with E-state index in [1.165, 1.54) is 0 Å². The van der Waals surface area contributed by atoms with Crippen molar-refractivity contribution in [1.29, 1.82) is 0 Å². The summed E-state index contributed by atoms with van der Waals surface area (Å²) in [6.45, 7) is 4.08. The molecular weight excluding hydrogens is 116 g/mol. The first-order chi connectivity index (χ1) is 4.10. The molecule has 2 atom stereocenters. The van der Waals surface area contributed by atoms with Crippen LogP contribution in [0.25, 0.3) is 0 Å². The SMILES string of the molecule is CC[C@@]1(C)C[C@H]1C(=O)O. The highest BCUT2D eigenvalue weighted by Gasteiger charge is 2.53. The maximum atomic E-state index is 10.3. The number of rotatable bonds is 2. The zero-order valence-corrected chi connectivity index (χ0v) is 5.85. The van der Waals surface area contributed by atoms with Gasteiger partial charge in [-0.05, 0) is 18.3 Å². The van der Waals surface area contributed by atoms with Gasteiger partial charge in [-0.1, -0.05) is 13.8 Å². The van der Waals surface area contributed by atoms with Crippen molar-refractivity contribution < 1.29 is 9.90 Å². The second kappa shape index (κ2) is 1.72. The van der Waals surface area contributed by atoms with Gasteiger partial charge in [0.1, 0.15) is 0 Å². The fourth-order valence-corrected chi connectivity index (χ4v) is 1.18. The van der Waals surface area contributed by atoms with Crippen molar-refractivity contribution in [1.82, 2.24) is 0 Å². The summed E-state index contributed by atoms with van der Waals surface area (Å²) < 4.78 is 0. The molecule has 0 radical (unpaired) electrons. The van der Waals surface area contributed by atoms with Crippen molar-refractivity contribution in [2.45, 2.75) is 26.7 Å². The van der Waals surface area contributed by atoms with Crippen molar-refractivity contribution >= 4 is 5.97 Å².